The summed E-state index contributed by atoms with van der Waals surface area (Å²) in [6, 6.07) is 4.65. The van der Waals surface area contributed by atoms with Crippen LogP contribution in [0.4, 0.5) is 5.69 Å². The van der Waals surface area contributed by atoms with E-state index < -0.39 is 10.3 Å². The number of amidine groups is 1. The van der Waals surface area contributed by atoms with Crippen LogP contribution in [0.2, 0.25) is 0 Å². The molecule has 3 N–H and O–H groups in total. The number of nitrogens with two attached hydrogens (primary N) is 1. The minimum absolute atomic E-state index is 0.0833. The van der Waals surface area contributed by atoms with Gasteiger partial charge in [0.15, 0.2) is 0 Å². The van der Waals surface area contributed by atoms with Gasteiger partial charge in [0, 0.05) is 11.5 Å². The van der Waals surface area contributed by atoms with E-state index in [0.717, 1.165) is 0 Å². The smallest absolute Gasteiger partial charge is 0.312 e. The van der Waals surface area contributed by atoms with Crippen molar-refractivity contribution in [3.05, 3.63) is 32.8 Å². The van der Waals surface area contributed by atoms with Crippen molar-refractivity contribution in [2.75, 3.05) is 6.61 Å². The highest BCUT2D eigenvalue weighted by molar-refractivity contribution is 9.10. The van der Waals surface area contributed by atoms with Crippen LogP contribution in [0.15, 0.2) is 27.8 Å². The summed E-state index contributed by atoms with van der Waals surface area (Å²) >= 11 is 3.24. The summed E-state index contributed by atoms with van der Waals surface area (Å²) in [5.74, 6) is 0.360. The van der Waals surface area contributed by atoms with E-state index >= 15 is 0 Å². The molecule has 0 fully saturated rings. The molecule has 0 spiro atoms. The molecule has 0 unspecified atom stereocenters. The van der Waals surface area contributed by atoms with Crippen LogP contribution in [-0.4, -0.2) is 22.6 Å². The Bertz CT molecular complexity index is 546. The van der Waals surface area contributed by atoms with Crippen molar-refractivity contribution in [1.82, 2.24) is 0 Å². The van der Waals surface area contributed by atoms with Gasteiger partial charge in [0.25, 0.3) is 0 Å². The lowest BCUT2D eigenvalue weighted by atomic mass is 9.87. The zero-order valence-electron chi connectivity index (χ0n) is 11.9. The number of hydrogen-bond donors (Lipinski definition) is 2. The van der Waals surface area contributed by atoms with Gasteiger partial charge >= 0.3 is 5.69 Å². The second-order valence-electron chi connectivity index (χ2n) is 5.17. The minimum atomic E-state index is -0.486. The average Bonchev–Trinajstić information content (AvgIpc) is 2.43. The fourth-order valence-electron chi connectivity index (χ4n) is 1.74. The van der Waals surface area contributed by atoms with Crippen molar-refractivity contribution in [2.45, 2.75) is 26.7 Å². The van der Waals surface area contributed by atoms with E-state index in [1.165, 1.54) is 6.07 Å². The maximum absolute atomic E-state index is 10.9. The first-order valence-corrected chi connectivity index (χ1v) is 7.12. The summed E-state index contributed by atoms with van der Waals surface area (Å²) in [5, 5.41) is 22.6. The molecule has 0 aliphatic heterocycles. The molecule has 0 saturated carbocycles. The number of nitrogens with zero attached hydrogens (tertiary/aromatic N) is 2. The summed E-state index contributed by atoms with van der Waals surface area (Å²) in [4.78, 5) is 10.5. The first-order valence-electron chi connectivity index (χ1n) is 6.33. The highest BCUT2D eigenvalue weighted by Gasteiger charge is 2.23. The molecule has 0 bridgehead atoms. The van der Waals surface area contributed by atoms with E-state index in [0.29, 0.717) is 23.9 Å². The Kier molecular flexibility index (Phi) is 5.95. The SMILES string of the molecule is CC(C)(CCCOc1c(Br)cccc1[N+](=O)[O-])/C(N)=N/O. The lowest BCUT2D eigenvalue weighted by Gasteiger charge is -2.22. The Morgan fingerprint density at radius 1 is 1.57 bits per heavy atom. The zero-order chi connectivity index (χ0) is 16.0. The predicted octanol–water partition coefficient (Wildman–Crippen LogP) is 3.29. The maximum Gasteiger partial charge on any atom is 0.312 e. The van der Waals surface area contributed by atoms with E-state index in [1.807, 2.05) is 13.8 Å². The van der Waals surface area contributed by atoms with Crippen LogP contribution in [0, 0.1) is 15.5 Å². The van der Waals surface area contributed by atoms with Crippen molar-refractivity contribution < 1.29 is 14.9 Å². The summed E-state index contributed by atoms with van der Waals surface area (Å²) in [7, 11) is 0. The number of oxime groups is 1. The summed E-state index contributed by atoms with van der Waals surface area (Å²) in [6.45, 7) is 4.00. The second-order valence-corrected chi connectivity index (χ2v) is 6.02. The second kappa shape index (κ2) is 7.26. The summed E-state index contributed by atoms with van der Waals surface area (Å²) < 4.78 is 6.04. The third-order valence-electron chi connectivity index (χ3n) is 3.14. The molecule has 0 aromatic heterocycles. The zero-order valence-corrected chi connectivity index (χ0v) is 13.5. The fourth-order valence-corrected chi connectivity index (χ4v) is 2.21. The highest BCUT2D eigenvalue weighted by atomic mass is 79.9. The lowest BCUT2D eigenvalue weighted by Crippen LogP contribution is -2.32. The van der Waals surface area contributed by atoms with Crippen LogP contribution in [-0.2, 0) is 0 Å². The summed E-state index contributed by atoms with van der Waals surface area (Å²) in [6.07, 6.45) is 1.24. The molecule has 116 valence electrons. The normalized spacial score (nSPS) is 12.2. The van der Waals surface area contributed by atoms with E-state index in [9.17, 15) is 10.1 Å². The predicted molar refractivity (Wildman–Crippen MR) is 82.7 cm³/mol. The standard InChI is InChI=1S/C13H18BrN3O4/c1-13(2,12(15)16-18)7-4-8-21-11-9(14)5-3-6-10(11)17(19)20/h3,5-6,18H,4,7-8H2,1-2H3,(H2,15,16). The summed E-state index contributed by atoms with van der Waals surface area (Å²) in [5.41, 5.74) is 5.05. The van der Waals surface area contributed by atoms with Gasteiger partial charge in [0.05, 0.1) is 16.0 Å². The van der Waals surface area contributed by atoms with E-state index in [2.05, 4.69) is 21.1 Å². The third kappa shape index (κ3) is 4.59. The maximum atomic E-state index is 10.9. The Balaban J connectivity index is 2.64. The minimum Gasteiger partial charge on any atom is -0.486 e. The van der Waals surface area contributed by atoms with E-state index in [-0.39, 0.29) is 17.3 Å². The Labute approximate surface area is 131 Å². The Morgan fingerprint density at radius 3 is 2.81 bits per heavy atom. The van der Waals surface area contributed by atoms with Gasteiger partial charge in [-0.2, -0.15) is 0 Å². The molecule has 0 heterocycles. The van der Waals surface area contributed by atoms with Crippen LogP contribution < -0.4 is 10.5 Å². The average molecular weight is 360 g/mol. The molecule has 7 nitrogen and oxygen atoms in total. The molecule has 0 saturated heterocycles. The molecule has 0 amide bonds. The molecule has 1 aromatic rings. The van der Waals surface area contributed by atoms with Crippen molar-refractivity contribution >= 4 is 27.5 Å². The molecule has 8 heteroatoms. The lowest BCUT2D eigenvalue weighted by molar-refractivity contribution is -0.386. The number of benzene rings is 1. The first-order chi connectivity index (χ1) is 9.79. The van der Waals surface area contributed by atoms with Gasteiger partial charge in [0.2, 0.25) is 5.75 Å². The number of rotatable bonds is 7. The number of halogens is 1. The molecule has 21 heavy (non-hydrogen) atoms. The molecule has 1 aromatic carbocycles. The van der Waals surface area contributed by atoms with E-state index in [1.54, 1.807) is 12.1 Å². The molecule has 0 atom stereocenters. The van der Waals surface area contributed by atoms with Gasteiger partial charge in [-0.05, 0) is 34.8 Å². The number of ether oxygens (including phenoxy) is 1. The van der Waals surface area contributed by atoms with Crippen molar-refractivity contribution in [1.29, 1.82) is 0 Å². The van der Waals surface area contributed by atoms with Crippen LogP contribution in [0.3, 0.4) is 0 Å². The van der Waals surface area contributed by atoms with Gasteiger partial charge < -0.3 is 15.7 Å². The van der Waals surface area contributed by atoms with Crippen LogP contribution in [0.1, 0.15) is 26.7 Å². The van der Waals surface area contributed by atoms with Crippen LogP contribution >= 0.6 is 15.9 Å². The largest absolute Gasteiger partial charge is 0.486 e. The van der Waals surface area contributed by atoms with Gasteiger partial charge in [0.1, 0.15) is 5.84 Å². The van der Waals surface area contributed by atoms with Gasteiger partial charge in [-0.15, -0.1) is 0 Å². The third-order valence-corrected chi connectivity index (χ3v) is 3.76. The number of hydrogen-bond acceptors (Lipinski definition) is 5. The van der Waals surface area contributed by atoms with Crippen molar-refractivity contribution in [3.63, 3.8) is 0 Å². The molecular weight excluding hydrogens is 342 g/mol. The molecule has 0 radical (unpaired) electrons. The molecule has 1 rings (SSSR count). The van der Waals surface area contributed by atoms with Gasteiger partial charge in [-0.25, -0.2) is 0 Å². The van der Waals surface area contributed by atoms with Crippen molar-refractivity contribution in [3.8, 4) is 5.75 Å². The molecule has 0 aliphatic rings. The number of para-hydroxylation sites is 1. The highest BCUT2D eigenvalue weighted by Crippen LogP contribution is 2.35. The Hall–Kier alpha value is -1.83. The number of nitro groups is 1. The van der Waals surface area contributed by atoms with Crippen LogP contribution in [0.5, 0.6) is 5.75 Å². The Morgan fingerprint density at radius 2 is 2.24 bits per heavy atom. The van der Waals surface area contributed by atoms with Crippen LogP contribution in [0.25, 0.3) is 0 Å². The quantitative estimate of drug-likeness (QED) is 0.194. The van der Waals surface area contributed by atoms with Gasteiger partial charge in [-0.3, -0.25) is 10.1 Å². The fraction of sp³-hybridized carbons (Fsp3) is 0.462. The first kappa shape index (κ1) is 17.2. The van der Waals surface area contributed by atoms with E-state index in [4.69, 9.17) is 15.7 Å². The van der Waals surface area contributed by atoms with Crippen molar-refractivity contribution in [2.24, 2.45) is 16.3 Å². The monoisotopic (exact) mass is 359 g/mol. The number of nitro benzene ring substituents is 1. The topological polar surface area (TPSA) is 111 Å². The molecule has 0 aliphatic carbocycles. The van der Waals surface area contributed by atoms with Gasteiger partial charge in [-0.1, -0.05) is 25.1 Å². The molecular formula is C13H18BrN3O4.